The molecule has 3 aromatic carbocycles. The number of aryl methyl sites for hydroxylation is 1. The first-order valence-electron chi connectivity index (χ1n) is 18.8. The standard InChI is InChI=1S/C41H32Cl2F3N7O9/c1-18-5-4-6-25(34(18)54)32-23-11-12-24-31(38(57)50(36(24)55)22-14-29(52(59)60)33(49(2)3)30(15-22)53(61)62)26(23)16-27-37(56)51(39(58)40(27,32)19-7-9-21(42)10-8-19)48-35-28(43)13-20(17-47-35)41(44,45)46/h4-11,13-15,17,24,26-27,31-32,54H,12,16H2,1-3H3,(H,47,48)/t24-,26+,27-,31-,32+,40+/m0/s1. The summed E-state index contributed by atoms with van der Waals surface area (Å²) in [7, 11) is 2.72. The van der Waals surface area contributed by atoms with Crippen LogP contribution in [0, 0.1) is 50.8 Å². The molecule has 2 N–H and O–H groups in total. The van der Waals surface area contributed by atoms with Gasteiger partial charge in [0.2, 0.25) is 11.8 Å². The maximum absolute atomic E-state index is 15.4. The highest BCUT2D eigenvalue weighted by Crippen LogP contribution is 2.65. The molecule has 1 saturated carbocycles. The first kappa shape index (κ1) is 42.1. The van der Waals surface area contributed by atoms with Crippen LogP contribution in [-0.4, -0.2) is 62.7 Å². The van der Waals surface area contributed by atoms with Gasteiger partial charge >= 0.3 is 17.6 Å². The highest BCUT2D eigenvalue weighted by Gasteiger charge is 2.71. The number of nitro groups is 2. The van der Waals surface area contributed by atoms with Gasteiger partial charge < -0.3 is 10.0 Å². The van der Waals surface area contributed by atoms with Crippen molar-refractivity contribution in [1.82, 2.24) is 9.99 Å². The number of para-hydroxylation sites is 1. The molecule has 2 aliphatic carbocycles. The molecule has 0 unspecified atom stereocenters. The minimum Gasteiger partial charge on any atom is -0.507 e. The van der Waals surface area contributed by atoms with Crippen LogP contribution < -0.4 is 15.2 Å². The van der Waals surface area contributed by atoms with Crippen LogP contribution >= 0.6 is 23.2 Å². The lowest BCUT2D eigenvalue weighted by atomic mass is 9.49. The molecule has 6 atom stereocenters. The second kappa shape index (κ2) is 14.8. The van der Waals surface area contributed by atoms with Gasteiger partial charge in [-0.25, -0.2) is 9.88 Å². The normalized spacial score (nSPS) is 24.4. The molecule has 0 spiro atoms. The lowest BCUT2D eigenvalue weighted by Crippen LogP contribution is -2.53. The number of aromatic hydroxyl groups is 1. The summed E-state index contributed by atoms with van der Waals surface area (Å²) >= 11 is 12.6. The van der Waals surface area contributed by atoms with Crippen molar-refractivity contribution in [2.45, 2.75) is 37.3 Å². The molecular weight excluding hydrogens is 862 g/mol. The fourth-order valence-electron chi connectivity index (χ4n) is 9.75. The van der Waals surface area contributed by atoms with Gasteiger partial charge in [-0.05, 0) is 55.0 Å². The zero-order chi connectivity index (χ0) is 44.9. The monoisotopic (exact) mass is 893 g/mol. The van der Waals surface area contributed by atoms with Crippen LogP contribution in [0.1, 0.15) is 41.0 Å². The molecule has 3 fully saturated rings. The first-order chi connectivity index (χ1) is 29.2. The van der Waals surface area contributed by atoms with E-state index in [1.807, 2.05) is 0 Å². The Morgan fingerprint density at radius 2 is 1.58 bits per heavy atom. The Hall–Kier alpha value is -6.60. The average molecular weight is 895 g/mol. The van der Waals surface area contributed by atoms with E-state index in [1.165, 1.54) is 43.3 Å². The summed E-state index contributed by atoms with van der Waals surface area (Å²) in [6.45, 7) is 1.61. The number of carbonyl (C=O) groups is 4. The second-order valence-electron chi connectivity index (χ2n) is 15.7. The van der Waals surface area contributed by atoms with E-state index >= 15 is 4.79 Å². The third kappa shape index (κ3) is 6.23. The lowest BCUT2D eigenvalue weighted by molar-refractivity contribution is -0.392. The van der Waals surface area contributed by atoms with Crippen molar-refractivity contribution in [3.63, 3.8) is 0 Å². The van der Waals surface area contributed by atoms with Crippen molar-refractivity contribution in [2.24, 2.45) is 23.7 Å². The average Bonchev–Trinajstić information content (AvgIpc) is 3.59. The van der Waals surface area contributed by atoms with Crippen LogP contribution in [0.3, 0.4) is 0 Å². The van der Waals surface area contributed by atoms with Crippen LogP contribution in [-0.2, 0) is 30.8 Å². The molecule has 2 saturated heterocycles. The van der Waals surface area contributed by atoms with Gasteiger partial charge in [0.1, 0.15) is 5.75 Å². The van der Waals surface area contributed by atoms with Crippen LogP contribution in [0.25, 0.3) is 0 Å². The van der Waals surface area contributed by atoms with E-state index in [1.54, 1.807) is 31.2 Å². The van der Waals surface area contributed by atoms with Crippen molar-refractivity contribution in [1.29, 1.82) is 0 Å². The third-order valence-electron chi connectivity index (χ3n) is 12.3. The number of hydrazine groups is 1. The molecule has 4 aromatic rings. The predicted octanol–water partition coefficient (Wildman–Crippen LogP) is 7.49. The Morgan fingerprint density at radius 3 is 2.16 bits per heavy atom. The number of imide groups is 2. The topological polar surface area (TPSA) is 209 Å². The van der Waals surface area contributed by atoms with Crippen LogP contribution in [0.2, 0.25) is 10.0 Å². The number of carbonyl (C=O) groups excluding carboxylic acids is 4. The Bertz CT molecular complexity index is 2660. The molecule has 320 valence electrons. The van der Waals surface area contributed by atoms with E-state index in [0.29, 0.717) is 33.3 Å². The molecule has 1 aromatic heterocycles. The fraction of sp³-hybridized carbons (Fsp3) is 0.293. The number of amides is 4. The van der Waals surface area contributed by atoms with Gasteiger partial charge in [0, 0.05) is 48.9 Å². The molecule has 0 bridgehead atoms. The van der Waals surface area contributed by atoms with Gasteiger partial charge in [-0.15, -0.1) is 0 Å². The zero-order valence-corrected chi connectivity index (χ0v) is 34.0. The van der Waals surface area contributed by atoms with Crippen molar-refractivity contribution in [2.75, 3.05) is 29.3 Å². The third-order valence-corrected chi connectivity index (χ3v) is 12.8. The van der Waals surface area contributed by atoms with Gasteiger partial charge in [-0.1, -0.05) is 65.2 Å². The van der Waals surface area contributed by atoms with Crippen LogP contribution in [0.15, 0.2) is 78.5 Å². The van der Waals surface area contributed by atoms with Crippen molar-refractivity contribution in [3.8, 4) is 5.75 Å². The fourth-order valence-corrected chi connectivity index (χ4v) is 10.1. The van der Waals surface area contributed by atoms with E-state index in [-0.39, 0.29) is 40.4 Å². The zero-order valence-electron chi connectivity index (χ0n) is 32.5. The Morgan fingerprint density at radius 1 is 0.935 bits per heavy atom. The SMILES string of the molecule is Cc1cccc([C@H]2C3=CC[C@@H]4C(=O)N(c5cc([N+](=O)[O-])c(N(C)C)c([N+](=O)[O-])c5)C(=O)[C@@H]4[C@@H]3C[C@H]3C(=O)N(Nc4ncc(C(F)(F)F)cc4Cl)C(=O)[C@@]23c2ccc(Cl)cc2)c1O. The maximum Gasteiger partial charge on any atom is 0.417 e. The summed E-state index contributed by atoms with van der Waals surface area (Å²) in [6, 6.07) is 13.2. The summed E-state index contributed by atoms with van der Waals surface area (Å²) < 4.78 is 40.6. The van der Waals surface area contributed by atoms with Crippen molar-refractivity contribution in [3.05, 3.63) is 131 Å². The Kier molecular flexibility index (Phi) is 10.0. The minimum atomic E-state index is -4.82. The predicted molar refractivity (Wildman–Crippen MR) is 216 cm³/mol. The number of pyridine rings is 1. The van der Waals surface area contributed by atoms with E-state index in [4.69, 9.17) is 23.2 Å². The van der Waals surface area contributed by atoms with Gasteiger partial charge in [0.15, 0.2) is 11.5 Å². The lowest BCUT2D eigenvalue weighted by Gasteiger charge is -2.50. The summed E-state index contributed by atoms with van der Waals surface area (Å²) in [5, 5.41) is 36.6. The van der Waals surface area contributed by atoms with Crippen LogP contribution in [0.5, 0.6) is 5.75 Å². The smallest absolute Gasteiger partial charge is 0.417 e. The quantitative estimate of drug-likeness (QED) is 0.0763. The van der Waals surface area contributed by atoms with Gasteiger partial charge in [0.05, 0.1) is 49.3 Å². The van der Waals surface area contributed by atoms with Gasteiger partial charge in [-0.2, -0.15) is 18.2 Å². The molecule has 2 aliphatic heterocycles. The number of alkyl halides is 3. The number of aromatic nitrogens is 1. The number of benzene rings is 3. The molecule has 16 nitrogen and oxygen atoms in total. The number of nitro benzene ring substituents is 2. The second-order valence-corrected chi connectivity index (χ2v) is 16.5. The largest absolute Gasteiger partial charge is 0.507 e. The van der Waals surface area contributed by atoms with E-state index in [0.717, 1.165) is 12.1 Å². The number of allylic oxidation sites excluding steroid dienone is 2. The number of hydrogen-bond donors (Lipinski definition) is 2. The van der Waals surface area contributed by atoms with Crippen molar-refractivity contribution < 1.29 is 47.3 Å². The first-order valence-corrected chi connectivity index (χ1v) is 19.6. The Labute approximate surface area is 358 Å². The molecule has 8 rings (SSSR count). The summed E-state index contributed by atoms with van der Waals surface area (Å²) in [5.41, 5.74) is -1.65. The number of rotatable bonds is 8. The summed E-state index contributed by atoms with van der Waals surface area (Å²) in [6.07, 6.45) is -3.07. The summed E-state index contributed by atoms with van der Waals surface area (Å²) in [5.74, 6) is -10.2. The number of anilines is 3. The number of fused-ring (bicyclic) bond motifs is 4. The van der Waals surface area contributed by atoms with Gasteiger partial charge in [0.25, 0.3) is 11.8 Å². The van der Waals surface area contributed by atoms with Gasteiger partial charge in [-0.3, -0.25) is 44.8 Å². The number of phenols is 1. The minimum absolute atomic E-state index is 0.114. The number of halogens is 5. The molecule has 0 radical (unpaired) electrons. The number of nitrogens with zero attached hydrogens (tertiary/aromatic N) is 6. The van der Waals surface area contributed by atoms with E-state index < -0.39 is 108 Å². The van der Waals surface area contributed by atoms with Crippen molar-refractivity contribution >= 4 is 75.4 Å². The number of nitrogens with one attached hydrogen (secondary N) is 1. The molecule has 4 aliphatic rings. The molecular formula is C41H32Cl2F3N7O9. The molecule has 4 amide bonds. The maximum atomic E-state index is 15.4. The number of hydrogen-bond acceptors (Lipinski definition) is 12. The van der Waals surface area contributed by atoms with Crippen LogP contribution in [0.4, 0.5) is 41.7 Å². The Balaban J connectivity index is 1.31. The van der Waals surface area contributed by atoms with E-state index in [9.17, 15) is 52.9 Å². The highest BCUT2D eigenvalue weighted by molar-refractivity contribution is 6.33. The molecule has 3 heterocycles. The number of phenolic OH excluding ortho intramolecular Hbond substituents is 1. The summed E-state index contributed by atoms with van der Waals surface area (Å²) in [4.78, 5) is 87.8. The highest BCUT2D eigenvalue weighted by atomic mass is 35.5. The van der Waals surface area contributed by atoms with E-state index in [2.05, 4.69) is 10.4 Å². The molecule has 62 heavy (non-hydrogen) atoms. The molecule has 21 heteroatoms.